The van der Waals surface area contributed by atoms with Gasteiger partial charge in [0.15, 0.2) is 11.6 Å². The Hall–Kier alpha value is -2.89. The molecule has 2 amide bonds. The highest BCUT2D eigenvalue weighted by molar-refractivity contribution is 5.95. The molecule has 0 saturated carbocycles. The lowest BCUT2D eigenvalue weighted by atomic mass is 10.1. The monoisotopic (exact) mass is 358 g/mol. The van der Waals surface area contributed by atoms with Crippen LogP contribution in [-0.4, -0.2) is 25.5 Å². The molecular weight excluding hydrogens is 335 g/mol. The Morgan fingerprint density at radius 3 is 2.38 bits per heavy atom. The molecule has 0 aromatic heterocycles. The summed E-state index contributed by atoms with van der Waals surface area (Å²) in [4.78, 5) is 23.9. The zero-order valence-electron chi connectivity index (χ0n) is 15.2. The summed E-state index contributed by atoms with van der Waals surface area (Å²) < 4.78 is 18.5. The molecule has 138 valence electrons. The lowest BCUT2D eigenvalue weighted by Crippen LogP contribution is -2.33. The Balaban J connectivity index is 1.79. The normalized spacial score (nSPS) is 10.3. The van der Waals surface area contributed by atoms with Crippen molar-refractivity contribution in [3.63, 3.8) is 0 Å². The molecule has 2 aromatic rings. The third kappa shape index (κ3) is 5.31. The summed E-state index contributed by atoms with van der Waals surface area (Å²) in [5.74, 6) is -0.844. The van der Waals surface area contributed by atoms with E-state index in [0.717, 1.165) is 16.8 Å². The van der Waals surface area contributed by atoms with E-state index in [0.29, 0.717) is 12.0 Å². The van der Waals surface area contributed by atoms with Crippen LogP contribution in [0.15, 0.2) is 36.4 Å². The van der Waals surface area contributed by atoms with Gasteiger partial charge in [0.05, 0.1) is 13.7 Å². The molecule has 0 fully saturated rings. The van der Waals surface area contributed by atoms with Gasteiger partial charge in [0.2, 0.25) is 11.8 Å². The number of rotatable bonds is 7. The first-order valence-corrected chi connectivity index (χ1v) is 8.36. The van der Waals surface area contributed by atoms with E-state index in [1.165, 1.54) is 19.2 Å². The summed E-state index contributed by atoms with van der Waals surface area (Å²) in [6.07, 6.45) is 0.549. The molecular formula is C20H23FN2O3. The fourth-order valence-electron chi connectivity index (χ4n) is 2.59. The predicted molar refractivity (Wildman–Crippen MR) is 98.8 cm³/mol. The van der Waals surface area contributed by atoms with Crippen LogP contribution in [-0.2, 0) is 16.0 Å². The van der Waals surface area contributed by atoms with E-state index >= 15 is 0 Å². The molecule has 0 bridgehead atoms. The molecule has 0 atom stereocenters. The number of carbonyl (C=O) groups is 2. The van der Waals surface area contributed by atoms with Gasteiger partial charge in [0.1, 0.15) is 0 Å². The number of methoxy groups -OCH3 is 1. The van der Waals surface area contributed by atoms with Crippen LogP contribution < -0.4 is 15.4 Å². The third-order valence-corrected chi connectivity index (χ3v) is 4.05. The van der Waals surface area contributed by atoms with Crippen molar-refractivity contribution >= 4 is 17.5 Å². The number of halogens is 1. The second-order valence-electron chi connectivity index (χ2n) is 6.06. The Bertz CT molecular complexity index is 785. The molecule has 0 spiro atoms. The van der Waals surface area contributed by atoms with Crippen molar-refractivity contribution in [2.45, 2.75) is 26.7 Å². The standard InChI is InChI=1S/C20H23FN2O3/c1-13-5-4-6-14(2)20(13)23-19(25)12-22-18(24)10-8-15-7-9-17(26-3)16(21)11-15/h4-7,9,11H,8,10,12H2,1-3H3,(H,22,24)(H,23,25). The maximum absolute atomic E-state index is 13.6. The number of ether oxygens (including phenoxy) is 1. The van der Waals surface area contributed by atoms with Gasteiger partial charge in [0, 0.05) is 12.1 Å². The number of anilines is 1. The van der Waals surface area contributed by atoms with Crippen LogP contribution in [0.5, 0.6) is 5.75 Å². The third-order valence-electron chi connectivity index (χ3n) is 4.05. The van der Waals surface area contributed by atoms with Crippen LogP contribution >= 0.6 is 0 Å². The summed E-state index contributed by atoms with van der Waals surface area (Å²) in [7, 11) is 1.40. The van der Waals surface area contributed by atoms with E-state index in [1.54, 1.807) is 6.07 Å². The molecule has 2 N–H and O–H groups in total. The second-order valence-corrected chi connectivity index (χ2v) is 6.06. The topological polar surface area (TPSA) is 67.4 Å². The Morgan fingerprint density at radius 2 is 1.77 bits per heavy atom. The molecule has 6 heteroatoms. The van der Waals surface area contributed by atoms with Crippen molar-refractivity contribution in [1.29, 1.82) is 0 Å². The summed E-state index contributed by atoms with van der Waals surface area (Å²) >= 11 is 0. The summed E-state index contributed by atoms with van der Waals surface area (Å²) in [6.45, 7) is 3.72. The first-order chi connectivity index (χ1) is 12.4. The van der Waals surface area contributed by atoms with Gasteiger partial charge in [-0.25, -0.2) is 4.39 Å². The van der Waals surface area contributed by atoms with Crippen molar-refractivity contribution < 1.29 is 18.7 Å². The highest BCUT2D eigenvalue weighted by Gasteiger charge is 2.10. The minimum Gasteiger partial charge on any atom is -0.494 e. The highest BCUT2D eigenvalue weighted by atomic mass is 19.1. The molecule has 2 aromatic carbocycles. The van der Waals surface area contributed by atoms with E-state index in [9.17, 15) is 14.0 Å². The zero-order chi connectivity index (χ0) is 19.1. The lowest BCUT2D eigenvalue weighted by molar-refractivity contribution is -0.124. The fraction of sp³-hybridized carbons (Fsp3) is 0.300. The van der Waals surface area contributed by atoms with E-state index in [1.807, 2.05) is 32.0 Å². The lowest BCUT2D eigenvalue weighted by Gasteiger charge is -2.12. The van der Waals surface area contributed by atoms with Crippen molar-refractivity contribution in [1.82, 2.24) is 5.32 Å². The maximum atomic E-state index is 13.6. The van der Waals surface area contributed by atoms with Gasteiger partial charge >= 0.3 is 0 Å². The van der Waals surface area contributed by atoms with Gasteiger partial charge < -0.3 is 15.4 Å². The largest absolute Gasteiger partial charge is 0.494 e. The molecule has 0 saturated heterocycles. The summed E-state index contributed by atoms with van der Waals surface area (Å²) in [5.41, 5.74) is 3.39. The second kappa shape index (κ2) is 8.99. The Morgan fingerprint density at radius 1 is 1.08 bits per heavy atom. The molecule has 0 radical (unpaired) electrons. The van der Waals surface area contributed by atoms with Gasteiger partial charge in [-0.1, -0.05) is 24.3 Å². The quantitative estimate of drug-likeness (QED) is 0.799. The van der Waals surface area contributed by atoms with Crippen LogP contribution in [0.3, 0.4) is 0 Å². The van der Waals surface area contributed by atoms with Crippen molar-refractivity contribution in [3.05, 3.63) is 58.9 Å². The highest BCUT2D eigenvalue weighted by Crippen LogP contribution is 2.19. The average molecular weight is 358 g/mol. The van der Waals surface area contributed by atoms with E-state index in [4.69, 9.17) is 4.74 Å². The van der Waals surface area contributed by atoms with Gasteiger partial charge in [-0.2, -0.15) is 0 Å². The molecule has 26 heavy (non-hydrogen) atoms. The molecule has 0 aliphatic rings. The van der Waals surface area contributed by atoms with E-state index in [-0.39, 0.29) is 30.5 Å². The summed E-state index contributed by atoms with van der Waals surface area (Å²) in [6, 6.07) is 10.3. The minimum absolute atomic E-state index is 0.108. The van der Waals surface area contributed by atoms with Crippen molar-refractivity contribution in [3.8, 4) is 5.75 Å². The SMILES string of the molecule is COc1ccc(CCC(=O)NCC(=O)Nc2c(C)cccc2C)cc1F. The number of carbonyl (C=O) groups excluding carboxylic acids is 2. The van der Waals surface area contributed by atoms with E-state index in [2.05, 4.69) is 10.6 Å². The van der Waals surface area contributed by atoms with Gasteiger partial charge in [-0.15, -0.1) is 0 Å². The van der Waals surface area contributed by atoms with Crippen LogP contribution in [0, 0.1) is 19.7 Å². The zero-order valence-corrected chi connectivity index (χ0v) is 15.2. The Labute approximate surface area is 152 Å². The number of benzene rings is 2. The first kappa shape index (κ1) is 19.4. The van der Waals surface area contributed by atoms with Crippen LogP contribution in [0.2, 0.25) is 0 Å². The number of amides is 2. The van der Waals surface area contributed by atoms with Gasteiger partial charge in [-0.05, 0) is 49.1 Å². The number of hydrogen-bond donors (Lipinski definition) is 2. The molecule has 0 aliphatic carbocycles. The number of para-hydroxylation sites is 1. The molecule has 5 nitrogen and oxygen atoms in total. The number of hydrogen-bond acceptors (Lipinski definition) is 3. The van der Waals surface area contributed by atoms with Crippen LogP contribution in [0.1, 0.15) is 23.1 Å². The average Bonchev–Trinajstić information content (AvgIpc) is 2.61. The number of nitrogens with one attached hydrogen (secondary N) is 2. The van der Waals surface area contributed by atoms with Crippen LogP contribution in [0.4, 0.5) is 10.1 Å². The molecule has 0 unspecified atom stereocenters. The fourth-order valence-corrected chi connectivity index (χ4v) is 2.59. The van der Waals surface area contributed by atoms with E-state index < -0.39 is 5.82 Å². The molecule has 0 aliphatic heterocycles. The van der Waals surface area contributed by atoms with Crippen LogP contribution in [0.25, 0.3) is 0 Å². The number of aryl methyl sites for hydroxylation is 3. The smallest absolute Gasteiger partial charge is 0.243 e. The maximum Gasteiger partial charge on any atom is 0.243 e. The Kier molecular flexibility index (Phi) is 6.72. The molecule has 0 heterocycles. The minimum atomic E-state index is -0.460. The van der Waals surface area contributed by atoms with Gasteiger partial charge in [0.25, 0.3) is 0 Å². The summed E-state index contributed by atoms with van der Waals surface area (Å²) in [5, 5.41) is 5.39. The van der Waals surface area contributed by atoms with Gasteiger partial charge in [-0.3, -0.25) is 9.59 Å². The first-order valence-electron chi connectivity index (χ1n) is 8.36. The molecule has 2 rings (SSSR count). The van der Waals surface area contributed by atoms with Crippen molar-refractivity contribution in [2.24, 2.45) is 0 Å². The predicted octanol–water partition coefficient (Wildman–Crippen LogP) is 3.14. The van der Waals surface area contributed by atoms with Crippen molar-refractivity contribution in [2.75, 3.05) is 19.0 Å².